The zero-order valence-electron chi connectivity index (χ0n) is 12.0. The van der Waals surface area contributed by atoms with Gasteiger partial charge < -0.3 is 10.5 Å². The molecule has 1 aliphatic heterocycles. The number of benzene rings is 1. The summed E-state index contributed by atoms with van der Waals surface area (Å²) in [6.45, 7) is 5.52. The van der Waals surface area contributed by atoms with E-state index in [0.717, 1.165) is 12.8 Å². The summed E-state index contributed by atoms with van der Waals surface area (Å²) >= 11 is 0. The molecule has 0 aliphatic carbocycles. The van der Waals surface area contributed by atoms with Crippen LogP contribution in [-0.4, -0.2) is 32.4 Å². The summed E-state index contributed by atoms with van der Waals surface area (Å²) in [5.41, 5.74) is 6.16. The molecule has 1 aliphatic rings. The van der Waals surface area contributed by atoms with Crippen molar-refractivity contribution in [3.63, 3.8) is 0 Å². The molecule has 1 heterocycles. The molecule has 1 aromatic carbocycles. The highest BCUT2D eigenvalue weighted by molar-refractivity contribution is 7.89. The van der Waals surface area contributed by atoms with E-state index in [1.807, 2.05) is 6.92 Å². The second-order valence-corrected chi connectivity index (χ2v) is 7.13. The lowest BCUT2D eigenvalue weighted by atomic mass is 10.0. The minimum absolute atomic E-state index is 0.175. The van der Waals surface area contributed by atoms with Gasteiger partial charge in [0.1, 0.15) is 10.6 Å². The van der Waals surface area contributed by atoms with E-state index in [1.54, 1.807) is 12.1 Å². The number of rotatable bonds is 4. The lowest BCUT2D eigenvalue weighted by Gasteiger charge is -2.30. The van der Waals surface area contributed by atoms with Crippen molar-refractivity contribution in [2.75, 3.05) is 25.4 Å². The van der Waals surface area contributed by atoms with Crippen molar-refractivity contribution >= 4 is 15.7 Å². The molecular formula is C14H22N2O3S. The van der Waals surface area contributed by atoms with Gasteiger partial charge in [-0.05, 0) is 43.9 Å². The van der Waals surface area contributed by atoms with Gasteiger partial charge in [0.15, 0.2) is 0 Å². The highest BCUT2D eigenvalue weighted by atomic mass is 32.2. The van der Waals surface area contributed by atoms with Crippen molar-refractivity contribution in [2.45, 2.75) is 31.6 Å². The van der Waals surface area contributed by atoms with Gasteiger partial charge in [-0.15, -0.1) is 0 Å². The maximum Gasteiger partial charge on any atom is 0.246 e. The summed E-state index contributed by atoms with van der Waals surface area (Å²) in [5.74, 6) is 0.953. The highest BCUT2D eigenvalue weighted by Crippen LogP contribution is 2.31. The van der Waals surface area contributed by atoms with Crippen LogP contribution in [0.15, 0.2) is 23.1 Å². The molecule has 0 spiro atoms. The van der Waals surface area contributed by atoms with Crippen LogP contribution in [0.4, 0.5) is 5.69 Å². The standard InChI is InChI=1S/C14H22N2O3S/c1-3-19-13-5-4-12(15)10-14(13)20(17,18)16-8-6-11(2)7-9-16/h4-5,10-11H,3,6-9,15H2,1-2H3. The number of piperidine rings is 1. The number of ether oxygens (including phenoxy) is 1. The van der Waals surface area contributed by atoms with Crippen molar-refractivity contribution in [3.05, 3.63) is 18.2 Å². The average molecular weight is 298 g/mol. The number of nitrogens with zero attached hydrogens (tertiary/aromatic N) is 1. The predicted octanol–water partition coefficient (Wildman–Crippen LogP) is 2.09. The summed E-state index contributed by atoms with van der Waals surface area (Å²) in [5, 5.41) is 0. The Morgan fingerprint density at radius 2 is 2.00 bits per heavy atom. The molecule has 1 fully saturated rings. The molecule has 0 radical (unpaired) electrons. The minimum atomic E-state index is -3.53. The van der Waals surface area contributed by atoms with E-state index < -0.39 is 10.0 Å². The van der Waals surface area contributed by atoms with E-state index in [2.05, 4.69) is 6.92 Å². The molecule has 0 bridgehead atoms. The second kappa shape index (κ2) is 6.01. The zero-order valence-corrected chi connectivity index (χ0v) is 12.8. The third-order valence-electron chi connectivity index (χ3n) is 3.63. The molecule has 0 amide bonds. The predicted molar refractivity (Wildman–Crippen MR) is 79.2 cm³/mol. The monoisotopic (exact) mass is 298 g/mol. The Bertz CT molecular complexity index is 564. The summed E-state index contributed by atoms with van der Waals surface area (Å²) in [4.78, 5) is 0.175. The quantitative estimate of drug-likeness (QED) is 0.864. The Kier molecular flexibility index (Phi) is 4.55. The SMILES string of the molecule is CCOc1ccc(N)cc1S(=O)(=O)N1CCC(C)CC1. The van der Waals surface area contributed by atoms with Gasteiger partial charge in [0.2, 0.25) is 10.0 Å². The molecule has 2 rings (SSSR count). The van der Waals surface area contributed by atoms with Crippen LogP contribution >= 0.6 is 0 Å². The first-order valence-corrected chi connectivity index (χ1v) is 8.41. The number of anilines is 1. The van der Waals surface area contributed by atoms with Crippen molar-refractivity contribution in [1.29, 1.82) is 0 Å². The van der Waals surface area contributed by atoms with Gasteiger partial charge in [-0.25, -0.2) is 8.42 Å². The average Bonchev–Trinajstić information content (AvgIpc) is 2.41. The molecular weight excluding hydrogens is 276 g/mol. The third kappa shape index (κ3) is 3.07. The summed E-state index contributed by atoms with van der Waals surface area (Å²) < 4.78 is 32.4. The molecule has 6 heteroatoms. The summed E-state index contributed by atoms with van der Waals surface area (Å²) in [6, 6.07) is 4.76. The normalized spacial score (nSPS) is 18.1. The number of nitrogens with two attached hydrogens (primary N) is 1. The van der Waals surface area contributed by atoms with Crippen molar-refractivity contribution in [3.8, 4) is 5.75 Å². The largest absolute Gasteiger partial charge is 0.492 e. The van der Waals surface area contributed by atoms with E-state index in [1.165, 1.54) is 10.4 Å². The van der Waals surface area contributed by atoms with Gasteiger partial charge in [-0.1, -0.05) is 6.92 Å². The van der Waals surface area contributed by atoms with Crippen LogP contribution in [0.25, 0.3) is 0 Å². The topological polar surface area (TPSA) is 72.6 Å². The number of hydrogen-bond donors (Lipinski definition) is 1. The van der Waals surface area contributed by atoms with Gasteiger partial charge >= 0.3 is 0 Å². The fourth-order valence-corrected chi connectivity index (χ4v) is 4.00. The van der Waals surface area contributed by atoms with Gasteiger partial charge in [0.25, 0.3) is 0 Å². The number of sulfonamides is 1. The molecule has 1 saturated heterocycles. The molecule has 0 aromatic heterocycles. The molecule has 0 saturated carbocycles. The van der Waals surface area contributed by atoms with Crippen molar-refractivity contribution in [1.82, 2.24) is 4.31 Å². The maximum absolute atomic E-state index is 12.7. The van der Waals surface area contributed by atoms with Gasteiger partial charge in [-0.3, -0.25) is 0 Å². The lowest BCUT2D eigenvalue weighted by molar-refractivity contribution is 0.285. The maximum atomic E-state index is 12.7. The van der Waals surface area contributed by atoms with E-state index in [0.29, 0.717) is 37.1 Å². The first kappa shape index (κ1) is 15.1. The molecule has 1 aromatic rings. The number of nitrogen functional groups attached to an aromatic ring is 1. The van der Waals surface area contributed by atoms with Gasteiger partial charge in [0, 0.05) is 18.8 Å². The first-order chi connectivity index (χ1) is 9.45. The fraction of sp³-hybridized carbons (Fsp3) is 0.571. The fourth-order valence-electron chi connectivity index (χ4n) is 2.37. The number of hydrogen-bond acceptors (Lipinski definition) is 4. The van der Waals surface area contributed by atoms with Crippen LogP contribution in [-0.2, 0) is 10.0 Å². The summed E-state index contributed by atoms with van der Waals surface area (Å²) in [6.07, 6.45) is 1.79. The van der Waals surface area contributed by atoms with E-state index in [-0.39, 0.29) is 4.90 Å². The van der Waals surface area contributed by atoms with Crippen LogP contribution in [0.1, 0.15) is 26.7 Å². The minimum Gasteiger partial charge on any atom is -0.492 e. The lowest BCUT2D eigenvalue weighted by Crippen LogP contribution is -2.38. The van der Waals surface area contributed by atoms with Crippen LogP contribution < -0.4 is 10.5 Å². The third-order valence-corrected chi connectivity index (χ3v) is 5.55. The zero-order chi connectivity index (χ0) is 14.8. The Hall–Kier alpha value is -1.27. The van der Waals surface area contributed by atoms with E-state index in [9.17, 15) is 8.42 Å². The van der Waals surface area contributed by atoms with Crippen LogP contribution in [0, 0.1) is 5.92 Å². The molecule has 5 nitrogen and oxygen atoms in total. The highest BCUT2D eigenvalue weighted by Gasteiger charge is 2.30. The molecule has 2 N–H and O–H groups in total. The second-order valence-electron chi connectivity index (χ2n) is 5.23. The van der Waals surface area contributed by atoms with Crippen LogP contribution in [0.5, 0.6) is 5.75 Å². The van der Waals surface area contributed by atoms with Gasteiger partial charge in [-0.2, -0.15) is 4.31 Å². The Morgan fingerprint density at radius 3 is 2.60 bits per heavy atom. The smallest absolute Gasteiger partial charge is 0.246 e. The molecule has 0 atom stereocenters. The first-order valence-electron chi connectivity index (χ1n) is 6.97. The van der Waals surface area contributed by atoms with Crippen LogP contribution in [0.3, 0.4) is 0 Å². The molecule has 20 heavy (non-hydrogen) atoms. The van der Waals surface area contributed by atoms with Crippen LogP contribution in [0.2, 0.25) is 0 Å². The van der Waals surface area contributed by atoms with Crippen molar-refractivity contribution < 1.29 is 13.2 Å². The Labute approximate surface area is 120 Å². The molecule has 112 valence electrons. The van der Waals surface area contributed by atoms with Crippen molar-refractivity contribution in [2.24, 2.45) is 5.92 Å². The Balaban J connectivity index is 2.35. The van der Waals surface area contributed by atoms with E-state index >= 15 is 0 Å². The summed E-state index contributed by atoms with van der Waals surface area (Å²) in [7, 11) is -3.53. The molecule has 0 unspecified atom stereocenters. The van der Waals surface area contributed by atoms with E-state index in [4.69, 9.17) is 10.5 Å². The Morgan fingerprint density at radius 1 is 1.35 bits per heavy atom. The van der Waals surface area contributed by atoms with Gasteiger partial charge in [0.05, 0.1) is 6.61 Å².